The van der Waals surface area contributed by atoms with E-state index in [4.69, 9.17) is 10.5 Å². The molecule has 0 amide bonds. The Labute approximate surface area is 122 Å². The van der Waals surface area contributed by atoms with Crippen molar-refractivity contribution < 1.29 is 4.74 Å². The van der Waals surface area contributed by atoms with Gasteiger partial charge in [-0.05, 0) is 50.2 Å². The number of ether oxygens (including phenoxy) is 1. The van der Waals surface area contributed by atoms with Gasteiger partial charge in [-0.3, -0.25) is 0 Å². The molecule has 2 N–H and O–H groups in total. The molecule has 112 valence electrons. The first-order chi connectivity index (χ1) is 9.39. The SMILES string of the molecule is Cc1cc2c(n1C(C)C1CCOC1)CC(C)(C)CC2N. The molecule has 2 heterocycles. The van der Waals surface area contributed by atoms with E-state index < -0.39 is 0 Å². The number of aryl methyl sites for hydroxylation is 1. The molecule has 0 radical (unpaired) electrons. The van der Waals surface area contributed by atoms with Gasteiger partial charge >= 0.3 is 0 Å². The zero-order chi connectivity index (χ0) is 14.5. The van der Waals surface area contributed by atoms with Crippen LogP contribution in [0.3, 0.4) is 0 Å². The minimum Gasteiger partial charge on any atom is -0.381 e. The Morgan fingerprint density at radius 3 is 2.85 bits per heavy atom. The predicted molar refractivity (Wildman–Crippen MR) is 81.8 cm³/mol. The van der Waals surface area contributed by atoms with Gasteiger partial charge in [-0.2, -0.15) is 0 Å². The molecule has 0 spiro atoms. The van der Waals surface area contributed by atoms with Crippen molar-refractivity contribution in [2.75, 3.05) is 13.2 Å². The van der Waals surface area contributed by atoms with E-state index in [2.05, 4.69) is 38.3 Å². The van der Waals surface area contributed by atoms with Crippen molar-refractivity contribution in [1.82, 2.24) is 4.57 Å². The molecular weight excluding hydrogens is 248 g/mol. The second-order valence-electron chi connectivity index (χ2n) is 7.57. The fourth-order valence-corrected chi connectivity index (χ4v) is 4.18. The minimum atomic E-state index is 0.195. The molecule has 0 bridgehead atoms. The van der Waals surface area contributed by atoms with Crippen LogP contribution in [0.25, 0.3) is 0 Å². The summed E-state index contributed by atoms with van der Waals surface area (Å²) in [6, 6.07) is 3.03. The van der Waals surface area contributed by atoms with E-state index in [1.165, 1.54) is 23.4 Å². The largest absolute Gasteiger partial charge is 0.381 e. The third kappa shape index (κ3) is 2.31. The van der Waals surface area contributed by atoms with Crippen molar-refractivity contribution >= 4 is 0 Å². The Balaban J connectivity index is 1.99. The zero-order valence-corrected chi connectivity index (χ0v) is 13.3. The van der Waals surface area contributed by atoms with Gasteiger partial charge in [-0.25, -0.2) is 0 Å². The third-order valence-electron chi connectivity index (χ3n) is 5.24. The molecule has 20 heavy (non-hydrogen) atoms. The van der Waals surface area contributed by atoms with Crippen LogP contribution >= 0.6 is 0 Å². The van der Waals surface area contributed by atoms with Crippen LogP contribution in [0.2, 0.25) is 0 Å². The maximum absolute atomic E-state index is 6.42. The lowest BCUT2D eigenvalue weighted by atomic mass is 9.74. The summed E-state index contributed by atoms with van der Waals surface area (Å²) in [5, 5.41) is 0. The van der Waals surface area contributed by atoms with E-state index >= 15 is 0 Å². The van der Waals surface area contributed by atoms with Crippen LogP contribution in [0.4, 0.5) is 0 Å². The maximum Gasteiger partial charge on any atom is 0.0514 e. The molecule has 3 heteroatoms. The first-order valence-electron chi connectivity index (χ1n) is 7.93. The van der Waals surface area contributed by atoms with Crippen LogP contribution in [0.15, 0.2) is 6.07 Å². The van der Waals surface area contributed by atoms with Gasteiger partial charge in [-0.15, -0.1) is 0 Å². The molecule has 1 aliphatic heterocycles. The minimum absolute atomic E-state index is 0.195. The molecule has 1 fully saturated rings. The smallest absolute Gasteiger partial charge is 0.0514 e. The summed E-state index contributed by atoms with van der Waals surface area (Å²) in [7, 11) is 0. The van der Waals surface area contributed by atoms with Gasteiger partial charge in [0.1, 0.15) is 0 Å². The molecule has 3 nitrogen and oxygen atoms in total. The normalized spacial score (nSPS) is 30.2. The van der Waals surface area contributed by atoms with E-state index in [9.17, 15) is 0 Å². The first-order valence-corrected chi connectivity index (χ1v) is 7.93. The summed E-state index contributed by atoms with van der Waals surface area (Å²) >= 11 is 0. The molecule has 0 aromatic carbocycles. The Morgan fingerprint density at radius 1 is 1.45 bits per heavy atom. The van der Waals surface area contributed by atoms with Crippen LogP contribution in [-0.2, 0) is 11.2 Å². The van der Waals surface area contributed by atoms with E-state index in [0.29, 0.717) is 17.4 Å². The number of nitrogens with two attached hydrogens (primary N) is 1. The monoisotopic (exact) mass is 276 g/mol. The van der Waals surface area contributed by atoms with Crippen molar-refractivity contribution in [3.63, 3.8) is 0 Å². The molecule has 1 saturated heterocycles. The van der Waals surface area contributed by atoms with Crippen molar-refractivity contribution in [1.29, 1.82) is 0 Å². The van der Waals surface area contributed by atoms with Gasteiger partial charge in [0.2, 0.25) is 0 Å². The number of aromatic nitrogens is 1. The van der Waals surface area contributed by atoms with E-state index in [0.717, 1.165) is 26.1 Å². The first kappa shape index (κ1) is 14.2. The van der Waals surface area contributed by atoms with E-state index in [-0.39, 0.29) is 6.04 Å². The van der Waals surface area contributed by atoms with Gasteiger partial charge in [0.15, 0.2) is 0 Å². The number of hydrogen-bond donors (Lipinski definition) is 1. The molecule has 0 saturated carbocycles. The van der Waals surface area contributed by atoms with Gasteiger partial charge in [-0.1, -0.05) is 13.8 Å². The summed E-state index contributed by atoms with van der Waals surface area (Å²) < 4.78 is 8.14. The lowest BCUT2D eigenvalue weighted by Gasteiger charge is -2.36. The fraction of sp³-hybridized carbons (Fsp3) is 0.765. The van der Waals surface area contributed by atoms with Crippen LogP contribution in [0, 0.1) is 18.3 Å². The number of nitrogens with zero attached hydrogens (tertiary/aromatic N) is 1. The predicted octanol–water partition coefficient (Wildman–Crippen LogP) is 3.37. The summed E-state index contributed by atoms with van der Waals surface area (Å²) in [5.41, 5.74) is 10.9. The number of fused-ring (bicyclic) bond motifs is 1. The highest BCUT2D eigenvalue weighted by Crippen LogP contribution is 2.43. The van der Waals surface area contributed by atoms with Crippen molar-refractivity contribution in [3.8, 4) is 0 Å². The molecule has 1 aliphatic carbocycles. The van der Waals surface area contributed by atoms with Crippen LogP contribution in [0.5, 0.6) is 0 Å². The van der Waals surface area contributed by atoms with E-state index in [1.807, 2.05) is 0 Å². The van der Waals surface area contributed by atoms with Gasteiger partial charge < -0.3 is 15.0 Å². The zero-order valence-electron chi connectivity index (χ0n) is 13.3. The molecule has 2 aliphatic rings. The second-order valence-corrected chi connectivity index (χ2v) is 7.57. The summed E-state index contributed by atoms with van der Waals surface area (Å²) in [6.07, 6.45) is 3.41. The Hall–Kier alpha value is -0.800. The molecule has 3 atom stereocenters. The average molecular weight is 276 g/mol. The third-order valence-corrected chi connectivity index (χ3v) is 5.24. The summed E-state index contributed by atoms with van der Waals surface area (Å²) in [5.74, 6) is 0.645. The lowest BCUT2D eigenvalue weighted by Crippen LogP contribution is -2.31. The fourth-order valence-electron chi connectivity index (χ4n) is 4.18. The quantitative estimate of drug-likeness (QED) is 0.899. The highest BCUT2D eigenvalue weighted by Gasteiger charge is 2.35. The van der Waals surface area contributed by atoms with Crippen molar-refractivity contribution in [2.24, 2.45) is 17.1 Å². The van der Waals surface area contributed by atoms with Gasteiger partial charge in [0.05, 0.1) is 6.61 Å². The molecule has 1 aromatic rings. The standard InChI is InChI=1S/C17H28N2O/c1-11-7-14-15(18)8-17(3,4)9-16(14)19(11)12(2)13-5-6-20-10-13/h7,12-13,15H,5-6,8-10,18H2,1-4H3. The van der Waals surface area contributed by atoms with Gasteiger partial charge in [0, 0.05) is 36.0 Å². The highest BCUT2D eigenvalue weighted by molar-refractivity contribution is 5.34. The highest BCUT2D eigenvalue weighted by atomic mass is 16.5. The lowest BCUT2D eigenvalue weighted by molar-refractivity contribution is 0.173. The average Bonchev–Trinajstić information content (AvgIpc) is 2.94. The molecule has 3 rings (SSSR count). The van der Waals surface area contributed by atoms with Crippen LogP contribution in [0.1, 0.15) is 62.6 Å². The van der Waals surface area contributed by atoms with Crippen molar-refractivity contribution in [3.05, 3.63) is 23.0 Å². The molecular formula is C17H28N2O. The Morgan fingerprint density at radius 2 is 2.20 bits per heavy atom. The number of hydrogen-bond acceptors (Lipinski definition) is 2. The summed E-state index contributed by atoms with van der Waals surface area (Å²) in [6.45, 7) is 11.1. The Kier molecular flexibility index (Phi) is 3.46. The Bertz CT molecular complexity index is 497. The maximum atomic E-state index is 6.42. The second kappa shape index (κ2) is 4.88. The number of rotatable bonds is 2. The molecule has 3 unspecified atom stereocenters. The molecule has 1 aromatic heterocycles. The van der Waals surface area contributed by atoms with E-state index in [1.54, 1.807) is 0 Å². The topological polar surface area (TPSA) is 40.2 Å². The van der Waals surface area contributed by atoms with Crippen LogP contribution in [-0.4, -0.2) is 17.8 Å². The summed E-state index contributed by atoms with van der Waals surface area (Å²) in [4.78, 5) is 0. The van der Waals surface area contributed by atoms with Gasteiger partial charge in [0.25, 0.3) is 0 Å². The van der Waals surface area contributed by atoms with Crippen LogP contribution < -0.4 is 5.73 Å². The van der Waals surface area contributed by atoms with Crippen molar-refractivity contribution in [2.45, 2.75) is 59.0 Å².